The highest BCUT2D eigenvalue weighted by atomic mass is 16.6. The van der Waals surface area contributed by atoms with Gasteiger partial charge in [-0.2, -0.15) is 0 Å². The Morgan fingerprint density at radius 2 is 1.77 bits per heavy atom. The lowest BCUT2D eigenvalue weighted by Crippen LogP contribution is -2.47. The molecule has 0 spiro atoms. The van der Waals surface area contributed by atoms with Gasteiger partial charge in [0.15, 0.2) is 6.10 Å². The highest BCUT2D eigenvalue weighted by Gasteiger charge is 2.32. The van der Waals surface area contributed by atoms with Gasteiger partial charge in [-0.1, -0.05) is 42.5 Å². The van der Waals surface area contributed by atoms with E-state index in [1.807, 2.05) is 30.3 Å². The fourth-order valence-corrected chi connectivity index (χ4v) is 4.30. The molecule has 2 aliphatic heterocycles. The zero-order valence-electron chi connectivity index (χ0n) is 18.9. The molecular formula is C27H22N2O6. The SMILES string of the molecule is CC(OC(=O)c1ccc2c(c1)CC(c1ccccc1)OC2=O)C(=O)N1CC(=O)Nc2ccccc21. The zero-order valence-corrected chi connectivity index (χ0v) is 18.9. The predicted molar refractivity (Wildman–Crippen MR) is 127 cm³/mol. The van der Waals surface area contributed by atoms with Gasteiger partial charge in [0, 0.05) is 6.42 Å². The van der Waals surface area contributed by atoms with Gasteiger partial charge in [-0.3, -0.25) is 14.5 Å². The van der Waals surface area contributed by atoms with E-state index >= 15 is 0 Å². The molecule has 0 aromatic heterocycles. The molecule has 1 N–H and O–H groups in total. The molecule has 0 aliphatic carbocycles. The summed E-state index contributed by atoms with van der Waals surface area (Å²) < 4.78 is 11.0. The maximum absolute atomic E-state index is 13.1. The summed E-state index contributed by atoms with van der Waals surface area (Å²) in [5.74, 6) is -1.99. The van der Waals surface area contributed by atoms with Crippen LogP contribution in [0.5, 0.6) is 0 Å². The van der Waals surface area contributed by atoms with Gasteiger partial charge in [-0.15, -0.1) is 0 Å². The lowest BCUT2D eigenvalue weighted by molar-refractivity contribution is -0.128. The van der Waals surface area contributed by atoms with E-state index in [0.29, 0.717) is 28.9 Å². The van der Waals surface area contributed by atoms with Crippen LogP contribution in [0.25, 0.3) is 0 Å². The molecule has 0 bridgehead atoms. The van der Waals surface area contributed by atoms with Crippen molar-refractivity contribution in [2.24, 2.45) is 0 Å². The molecule has 2 amide bonds. The molecular weight excluding hydrogens is 448 g/mol. The first kappa shape index (κ1) is 22.3. The molecule has 8 nitrogen and oxygen atoms in total. The summed E-state index contributed by atoms with van der Waals surface area (Å²) >= 11 is 0. The Morgan fingerprint density at radius 3 is 2.57 bits per heavy atom. The molecule has 2 heterocycles. The fourth-order valence-electron chi connectivity index (χ4n) is 4.30. The van der Waals surface area contributed by atoms with Crippen molar-refractivity contribution >= 4 is 35.1 Å². The van der Waals surface area contributed by atoms with E-state index < -0.39 is 30.1 Å². The molecule has 0 saturated heterocycles. The van der Waals surface area contributed by atoms with Gasteiger partial charge in [0.05, 0.1) is 22.5 Å². The van der Waals surface area contributed by atoms with Crippen LogP contribution in [0, 0.1) is 0 Å². The third-order valence-corrected chi connectivity index (χ3v) is 6.06. The second-order valence-corrected chi connectivity index (χ2v) is 8.42. The third-order valence-electron chi connectivity index (χ3n) is 6.06. The number of nitrogens with one attached hydrogen (secondary N) is 1. The minimum Gasteiger partial charge on any atom is -0.454 e. The maximum atomic E-state index is 13.1. The average Bonchev–Trinajstić information content (AvgIpc) is 2.87. The van der Waals surface area contributed by atoms with Crippen molar-refractivity contribution in [2.75, 3.05) is 16.8 Å². The Morgan fingerprint density at radius 1 is 1.03 bits per heavy atom. The van der Waals surface area contributed by atoms with E-state index in [-0.39, 0.29) is 18.0 Å². The van der Waals surface area contributed by atoms with E-state index in [0.717, 1.165) is 5.56 Å². The van der Waals surface area contributed by atoms with Crippen LogP contribution in [0.3, 0.4) is 0 Å². The maximum Gasteiger partial charge on any atom is 0.339 e. The minimum atomic E-state index is -1.13. The number of hydrogen-bond acceptors (Lipinski definition) is 6. The number of carbonyl (C=O) groups excluding carboxylic acids is 4. The Labute approximate surface area is 201 Å². The number of nitrogens with zero attached hydrogens (tertiary/aromatic N) is 1. The van der Waals surface area contributed by atoms with Crippen LogP contribution in [0.4, 0.5) is 11.4 Å². The van der Waals surface area contributed by atoms with Crippen molar-refractivity contribution in [3.8, 4) is 0 Å². The topological polar surface area (TPSA) is 102 Å². The fraction of sp³-hybridized carbons (Fsp3) is 0.185. The lowest BCUT2D eigenvalue weighted by atomic mass is 9.93. The Bertz CT molecular complexity index is 1340. The summed E-state index contributed by atoms with van der Waals surface area (Å²) in [5, 5.41) is 2.72. The summed E-state index contributed by atoms with van der Waals surface area (Å²) in [5.41, 5.74) is 3.22. The highest BCUT2D eigenvalue weighted by molar-refractivity contribution is 6.11. The Hall–Kier alpha value is -4.46. The quantitative estimate of drug-likeness (QED) is 0.584. The van der Waals surface area contributed by atoms with E-state index in [4.69, 9.17) is 9.47 Å². The minimum absolute atomic E-state index is 0.167. The molecule has 8 heteroatoms. The van der Waals surface area contributed by atoms with E-state index in [1.165, 1.54) is 24.0 Å². The average molecular weight is 470 g/mol. The highest BCUT2D eigenvalue weighted by Crippen LogP contribution is 2.32. The third kappa shape index (κ3) is 4.38. The number of cyclic esters (lactones) is 1. The van der Waals surface area contributed by atoms with Crippen molar-refractivity contribution in [2.45, 2.75) is 25.6 Å². The van der Waals surface area contributed by atoms with Gasteiger partial charge in [-0.25, -0.2) is 9.59 Å². The molecule has 0 saturated carbocycles. The van der Waals surface area contributed by atoms with E-state index in [2.05, 4.69) is 5.32 Å². The van der Waals surface area contributed by atoms with E-state index in [1.54, 1.807) is 30.3 Å². The van der Waals surface area contributed by atoms with Crippen molar-refractivity contribution in [3.05, 3.63) is 95.1 Å². The summed E-state index contributed by atoms with van der Waals surface area (Å²) in [7, 11) is 0. The Kier molecular flexibility index (Phi) is 5.78. The molecule has 3 aromatic rings. The second kappa shape index (κ2) is 9.06. The number of hydrogen-bond donors (Lipinski definition) is 1. The number of benzene rings is 3. The van der Waals surface area contributed by atoms with Crippen LogP contribution < -0.4 is 10.2 Å². The molecule has 2 unspecified atom stereocenters. The summed E-state index contributed by atoms with van der Waals surface area (Å²) in [6.45, 7) is 1.30. The number of amides is 2. The van der Waals surface area contributed by atoms with Crippen molar-refractivity contribution in [3.63, 3.8) is 0 Å². The van der Waals surface area contributed by atoms with Crippen LogP contribution in [0.15, 0.2) is 72.8 Å². The van der Waals surface area contributed by atoms with Crippen LogP contribution in [-0.4, -0.2) is 36.4 Å². The van der Waals surface area contributed by atoms with Crippen LogP contribution in [-0.2, 0) is 25.5 Å². The van der Waals surface area contributed by atoms with Crippen molar-refractivity contribution in [1.82, 2.24) is 0 Å². The molecule has 0 fully saturated rings. The Balaban J connectivity index is 1.32. The number of anilines is 2. The molecule has 2 aliphatic rings. The smallest absolute Gasteiger partial charge is 0.339 e. The predicted octanol–water partition coefficient (Wildman–Crippen LogP) is 3.67. The number of rotatable bonds is 4. The second-order valence-electron chi connectivity index (χ2n) is 8.42. The standard InChI is InChI=1S/C27H22N2O6/c1-16(25(31)29-15-24(30)28-21-9-5-6-10-22(21)29)34-26(32)18-11-12-20-19(13-18)14-23(35-27(20)33)17-7-3-2-4-8-17/h2-13,16,23H,14-15H2,1H3,(H,28,30). The van der Waals surface area contributed by atoms with Gasteiger partial charge >= 0.3 is 11.9 Å². The summed E-state index contributed by atoms with van der Waals surface area (Å²) in [6, 6.07) is 20.9. The normalized spacial score (nSPS) is 17.4. The first-order chi connectivity index (χ1) is 16.9. The largest absolute Gasteiger partial charge is 0.454 e. The zero-order chi connectivity index (χ0) is 24.5. The van der Waals surface area contributed by atoms with Gasteiger partial charge in [-0.05, 0) is 48.4 Å². The molecule has 5 rings (SSSR count). The number of ether oxygens (including phenoxy) is 2. The van der Waals surface area contributed by atoms with Crippen molar-refractivity contribution < 1.29 is 28.7 Å². The molecule has 2 atom stereocenters. The first-order valence-corrected chi connectivity index (χ1v) is 11.2. The molecule has 3 aromatic carbocycles. The molecule has 0 radical (unpaired) electrons. The van der Waals surface area contributed by atoms with Crippen LogP contribution >= 0.6 is 0 Å². The number of para-hydroxylation sites is 2. The summed E-state index contributed by atoms with van der Waals surface area (Å²) in [4.78, 5) is 51.8. The van der Waals surface area contributed by atoms with Crippen LogP contribution in [0.1, 0.15) is 44.9 Å². The lowest BCUT2D eigenvalue weighted by Gasteiger charge is -2.30. The molecule has 176 valence electrons. The van der Waals surface area contributed by atoms with Gasteiger partial charge in [0.25, 0.3) is 5.91 Å². The molecule has 35 heavy (non-hydrogen) atoms. The number of fused-ring (bicyclic) bond motifs is 2. The number of esters is 2. The number of carbonyl (C=O) groups is 4. The van der Waals surface area contributed by atoms with Crippen molar-refractivity contribution in [1.29, 1.82) is 0 Å². The summed E-state index contributed by atoms with van der Waals surface area (Å²) in [6.07, 6.45) is -1.16. The van der Waals surface area contributed by atoms with Gasteiger partial charge in [0.2, 0.25) is 5.91 Å². The monoisotopic (exact) mass is 470 g/mol. The van der Waals surface area contributed by atoms with E-state index in [9.17, 15) is 19.2 Å². The first-order valence-electron chi connectivity index (χ1n) is 11.2. The van der Waals surface area contributed by atoms with Crippen LogP contribution in [0.2, 0.25) is 0 Å². The van der Waals surface area contributed by atoms with Gasteiger partial charge < -0.3 is 14.8 Å². The van der Waals surface area contributed by atoms with Gasteiger partial charge in [0.1, 0.15) is 12.6 Å².